The Kier molecular flexibility index (Phi) is 7.94. The van der Waals surface area contributed by atoms with Crippen molar-refractivity contribution in [1.29, 1.82) is 0 Å². The molecular formula is C31H45N5O2. The maximum atomic E-state index is 13.8. The van der Waals surface area contributed by atoms with E-state index in [1.165, 1.54) is 17.5 Å². The number of fused-ring (bicyclic) bond motifs is 1. The number of nitrogens with two attached hydrogens (primary N) is 1. The molecule has 1 atom stereocenters. The molecule has 2 aliphatic carbocycles. The minimum Gasteiger partial charge on any atom is -0.352 e. The number of benzene rings is 1. The molecule has 5 rings (SSSR count). The third-order valence-corrected chi connectivity index (χ3v) is 8.95. The van der Waals surface area contributed by atoms with Gasteiger partial charge in [0.2, 0.25) is 11.8 Å². The quantitative estimate of drug-likeness (QED) is 0.610. The van der Waals surface area contributed by atoms with Crippen molar-refractivity contribution in [3.05, 3.63) is 53.1 Å². The Morgan fingerprint density at radius 1 is 1.00 bits per heavy atom. The Balaban J connectivity index is 1.36. The number of hydrogen-bond acceptors (Lipinski definition) is 4. The van der Waals surface area contributed by atoms with Crippen LogP contribution in [0, 0.1) is 5.92 Å². The van der Waals surface area contributed by atoms with E-state index in [-0.39, 0.29) is 35.2 Å². The zero-order chi connectivity index (χ0) is 26.9. The van der Waals surface area contributed by atoms with Crippen LogP contribution in [0.15, 0.2) is 30.6 Å². The summed E-state index contributed by atoms with van der Waals surface area (Å²) >= 11 is 0. The van der Waals surface area contributed by atoms with Crippen LogP contribution in [0.5, 0.6) is 0 Å². The third kappa shape index (κ3) is 5.98. The normalized spacial score (nSPS) is 24.6. The number of imidazole rings is 1. The lowest BCUT2D eigenvalue weighted by atomic mass is 9.86. The molecule has 2 aromatic rings. The lowest BCUT2D eigenvalue weighted by Gasteiger charge is -2.38. The molecule has 0 spiro atoms. The molecule has 3 aliphatic rings. The van der Waals surface area contributed by atoms with E-state index in [0.29, 0.717) is 19.5 Å². The Morgan fingerprint density at radius 2 is 1.68 bits per heavy atom. The highest BCUT2D eigenvalue weighted by Crippen LogP contribution is 2.31. The van der Waals surface area contributed by atoms with Crippen molar-refractivity contribution in [2.75, 3.05) is 0 Å². The summed E-state index contributed by atoms with van der Waals surface area (Å²) in [6.45, 7) is 7.82. The maximum Gasteiger partial charge on any atom is 0.243 e. The molecule has 3 N–H and O–H groups in total. The van der Waals surface area contributed by atoms with E-state index in [1.807, 2.05) is 11.2 Å². The predicted molar refractivity (Wildman–Crippen MR) is 149 cm³/mol. The van der Waals surface area contributed by atoms with Crippen LogP contribution in [0.3, 0.4) is 0 Å². The van der Waals surface area contributed by atoms with Crippen molar-refractivity contribution in [1.82, 2.24) is 19.8 Å². The summed E-state index contributed by atoms with van der Waals surface area (Å²) in [6, 6.07) is 8.66. The topological polar surface area (TPSA) is 93.2 Å². The zero-order valence-electron chi connectivity index (χ0n) is 23.4. The number of carbonyl (C=O) groups excluding carboxylic acids is 2. The number of aromatic nitrogens is 2. The van der Waals surface area contributed by atoms with Gasteiger partial charge in [-0.25, -0.2) is 4.98 Å². The molecule has 2 amide bonds. The first-order valence-electron chi connectivity index (χ1n) is 14.7. The van der Waals surface area contributed by atoms with Crippen LogP contribution < -0.4 is 11.1 Å². The van der Waals surface area contributed by atoms with Gasteiger partial charge in [0.1, 0.15) is 6.04 Å². The molecule has 2 heterocycles. The summed E-state index contributed by atoms with van der Waals surface area (Å²) in [4.78, 5) is 34.0. The summed E-state index contributed by atoms with van der Waals surface area (Å²) in [7, 11) is 0. The van der Waals surface area contributed by atoms with Gasteiger partial charge in [0, 0.05) is 31.0 Å². The molecule has 0 saturated heterocycles. The van der Waals surface area contributed by atoms with Crippen LogP contribution in [0.1, 0.15) is 101 Å². The van der Waals surface area contributed by atoms with E-state index in [9.17, 15) is 9.59 Å². The SMILES string of the molecule is CC(C)(C)c1ccc(Cn2cnc3c2CN(C(=O)C2CCCCC2)C(C(=O)NC2CCC(N)CC2)C3)cc1. The van der Waals surface area contributed by atoms with Gasteiger partial charge in [-0.15, -0.1) is 0 Å². The average molecular weight is 520 g/mol. The van der Waals surface area contributed by atoms with Crippen LogP contribution >= 0.6 is 0 Å². The van der Waals surface area contributed by atoms with Crippen molar-refractivity contribution in [3.63, 3.8) is 0 Å². The van der Waals surface area contributed by atoms with E-state index in [4.69, 9.17) is 10.7 Å². The summed E-state index contributed by atoms with van der Waals surface area (Å²) < 4.78 is 2.17. The summed E-state index contributed by atoms with van der Waals surface area (Å²) in [5.41, 5.74) is 10.7. The van der Waals surface area contributed by atoms with Gasteiger partial charge in [0.25, 0.3) is 0 Å². The second kappa shape index (κ2) is 11.2. The predicted octanol–water partition coefficient (Wildman–Crippen LogP) is 4.45. The minimum absolute atomic E-state index is 0.0228. The molecule has 1 unspecified atom stereocenters. The van der Waals surface area contributed by atoms with Gasteiger partial charge in [-0.05, 0) is 55.1 Å². The molecule has 7 nitrogen and oxygen atoms in total. The number of nitrogens with one attached hydrogen (secondary N) is 1. The molecule has 206 valence electrons. The van der Waals surface area contributed by atoms with Crippen molar-refractivity contribution < 1.29 is 9.59 Å². The van der Waals surface area contributed by atoms with Crippen LogP contribution in [0.25, 0.3) is 0 Å². The first-order valence-corrected chi connectivity index (χ1v) is 14.7. The highest BCUT2D eigenvalue weighted by Gasteiger charge is 2.40. The van der Waals surface area contributed by atoms with Gasteiger partial charge in [-0.3, -0.25) is 9.59 Å². The van der Waals surface area contributed by atoms with Crippen molar-refractivity contribution in [2.45, 2.75) is 122 Å². The Morgan fingerprint density at radius 3 is 2.34 bits per heavy atom. The molecule has 1 aromatic heterocycles. The first kappa shape index (κ1) is 26.9. The van der Waals surface area contributed by atoms with Crippen molar-refractivity contribution >= 4 is 11.8 Å². The fraction of sp³-hybridized carbons (Fsp3) is 0.645. The molecule has 1 aromatic carbocycles. The van der Waals surface area contributed by atoms with E-state index >= 15 is 0 Å². The fourth-order valence-corrected chi connectivity index (χ4v) is 6.42. The Hall–Kier alpha value is -2.67. The van der Waals surface area contributed by atoms with Crippen molar-refractivity contribution in [2.24, 2.45) is 11.7 Å². The second-order valence-electron chi connectivity index (χ2n) is 12.9. The van der Waals surface area contributed by atoms with Crippen LogP contribution in [0.2, 0.25) is 0 Å². The molecule has 38 heavy (non-hydrogen) atoms. The van der Waals surface area contributed by atoms with Crippen LogP contribution in [-0.4, -0.2) is 44.4 Å². The Bertz CT molecular complexity index is 1120. The summed E-state index contributed by atoms with van der Waals surface area (Å²) in [6.07, 6.45) is 11.3. The van der Waals surface area contributed by atoms with E-state index in [1.54, 1.807) is 0 Å². The number of hydrogen-bond donors (Lipinski definition) is 2. The number of nitrogens with zero attached hydrogens (tertiary/aromatic N) is 3. The zero-order valence-corrected chi connectivity index (χ0v) is 23.4. The van der Waals surface area contributed by atoms with E-state index < -0.39 is 6.04 Å². The fourth-order valence-electron chi connectivity index (χ4n) is 6.42. The first-order chi connectivity index (χ1) is 18.2. The molecule has 0 bridgehead atoms. The van der Waals surface area contributed by atoms with Crippen molar-refractivity contribution in [3.8, 4) is 0 Å². The summed E-state index contributed by atoms with van der Waals surface area (Å²) in [5.74, 6) is 0.130. The average Bonchev–Trinajstić information content (AvgIpc) is 3.30. The lowest BCUT2D eigenvalue weighted by Crippen LogP contribution is -2.56. The maximum absolute atomic E-state index is 13.8. The Labute approximate surface area is 227 Å². The van der Waals surface area contributed by atoms with Crippen LogP contribution in [-0.2, 0) is 34.5 Å². The second-order valence-corrected chi connectivity index (χ2v) is 12.9. The third-order valence-electron chi connectivity index (χ3n) is 8.95. The molecule has 7 heteroatoms. The largest absolute Gasteiger partial charge is 0.352 e. The van der Waals surface area contributed by atoms with Gasteiger partial charge in [0.05, 0.1) is 24.3 Å². The molecule has 2 saturated carbocycles. The highest BCUT2D eigenvalue weighted by atomic mass is 16.2. The van der Waals surface area contributed by atoms with Crippen LogP contribution in [0.4, 0.5) is 0 Å². The number of carbonyl (C=O) groups is 2. The molecule has 1 aliphatic heterocycles. The van der Waals surface area contributed by atoms with Gasteiger partial charge in [0.15, 0.2) is 0 Å². The monoisotopic (exact) mass is 519 g/mol. The minimum atomic E-state index is -0.498. The number of rotatable bonds is 5. The van der Waals surface area contributed by atoms with Gasteiger partial charge in [-0.2, -0.15) is 0 Å². The standard InChI is InChI=1S/C31H45N5O2/c1-31(2,3)23-11-9-21(10-12-23)18-35-20-33-26-17-27(29(37)34-25-15-13-24(32)14-16-25)36(19-28(26)35)30(38)22-7-5-4-6-8-22/h9-12,20,22,24-25,27H,4-8,13-19,32H2,1-3H3,(H,34,37). The van der Waals surface area contributed by atoms with E-state index in [2.05, 4.69) is 54.9 Å². The van der Waals surface area contributed by atoms with E-state index in [0.717, 1.165) is 62.8 Å². The summed E-state index contributed by atoms with van der Waals surface area (Å²) in [5, 5.41) is 3.27. The lowest BCUT2D eigenvalue weighted by molar-refractivity contribution is -0.146. The van der Waals surface area contributed by atoms with Gasteiger partial charge in [-0.1, -0.05) is 64.3 Å². The van der Waals surface area contributed by atoms with Gasteiger partial charge >= 0.3 is 0 Å². The van der Waals surface area contributed by atoms with Gasteiger partial charge < -0.3 is 20.5 Å². The molecular weight excluding hydrogens is 474 g/mol. The number of amides is 2. The molecule has 2 fully saturated rings. The highest BCUT2D eigenvalue weighted by molar-refractivity contribution is 5.89. The smallest absolute Gasteiger partial charge is 0.243 e. The molecule has 0 radical (unpaired) electrons.